The molecule has 1 aromatic carbocycles. The summed E-state index contributed by atoms with van der Waals surface area (Å²) in [6.45, 7) is 2.25. The van der Waals surface area contributed by atoms with Crippen LogP contribution >= 0.6 is 11.3 Å². The molecule has 28 heavy (non-hydrogen) atoms. The zero-order chi connectivity index (χ0) is 19.7. The van der Waals surface area contributed by atoms with Crippen molar-refractivity contribution >= 4 is 28.2 Å². The highest BCUT2D eigenvalue weighted by atomic mass is 32.1. The lowest BCUT2D eigenvalue weighted by Crippen LogP contribution is -2.38. The second kappa shape index (κ2) is 7.53. The van der Waals surface area contributed by atoms with E-state index in [-0.39, 0.29) is 22.5 Å². The Morgan fingerprint density at radius 1 is 1.25 bits per heavy atom. The van der Waals surface area contributed by atoms with Crippen molar-refractivity contribution in [1.29, 1.82) is 0 Å². The van der Waals surface area contributed by atoms with E-state index >= 15 is 0 Å². The number of thiophene rings is 1. The van der Waals surface area contributed by atoms with Crippen LogP contribution in [-0.2, 0) is 5.41 Å². The maximum Gasteiger partial charge on any atom is 0.287 e. The van der Waals surface area contributed by atoms with Crippen LogP contribution in [0.4, 0.5) is 0 Å². The second-order valence-electron chi connectivity index (χ2n) is 7.52. The van der Waals surface area contributed by atoms with Gasteiger partial charge in [0.2, 0.25) is 0 Å². The lowest BCUT2D eigenvalue weighted by Gasteiger charge is -2.28. The average Bonchev–Trinajstić information content (AvgIpc) is 3.36. The van der Waals surface area contributed by atoms with Gasteiger partial charge < -0.3 is 14.8 Å². The van der Waals surface area contributed by atoms with E-state index in [0.29, 0.717) is 17.5 Å². The van der Waals surface area contributed by atoms with Crippen LogP contribution in [0.3, 0.4) is 0 Å². The fourth-order valence-corrected chi connectivity index (χ4v) is 5.17. The number of aliphatic hydroxyl groups excluding tert-OH is 1. The minimum Gasteiger partial charge on any atom is -0.451 e. The molecule has 0 aliphatic heterocycles. The molecule has 0 saturated heterocycles. The monoisotopic (exact) mass is 397 g/mol. The fourth-order valence-electron chi connectivity index (χ4n) is 3.98. The Hall–Kier alpha value is -2.44. The number of carbonyl (C=O) groups excluding carboxylic acids is 1. The Bertz CT molecular complexity index is 1060. The number of benzene rings is 1. The first-order valence-electron chi connectivity index (χ1n) is 9.58. The van der Waals surface area contributed by atoms with Crippen molar-refractivity contribution in [1.82, 2.24) is 5.32 Å². The molecule has 3 aromatic rings. The van der Waals surface area contributed by atoms with Gasteiger partial charge in [0.05, 0.1) is 11.5 Å². The first kappa shape index (κ1) is 18.9. The van der Waals surface area contributed by atoms with E-state index in [4.69, 9.17) is 4.42 Å². The van der Waals surface area contributed by atoms with Gasteiger partial charge in [0, 0.05) is 27.8 Å². The zero-order valence-electron chi connectivity index (χ0n) is 15.7. The normalized spacial score (nSPS) is 16.9. The molecule has 2 heterocycles. The van der Waals surface area contributed by atoms with Crippen molar-refractivity contribution < 1.29 is 14.3 Å². The van der Waals surface area contributed by atoms with Crippen molar-refractivity contribution in [3.8, 4) is 0 Å². The minimum atomic E-state index is -0.487. The predicted molar refractivity (Wildman–Crippen MR) is 110 cm³/mol. The van der Waals surface area contributed by atoms with Gasteiger partial charge in [0.15, 0.2) is 11.2 Å². The van der Waals surface area contributed by atoms with E-state index in [0.717, 1.165) is 30.6 Å². The van der Waals surface area contributed by atoms with Crippen molar-refractivity contribution in [3.63, 3.8) is 0 Å². The Morgan fingerprint density at radius 2 is 2.00 bits per heavy atom. The third-order valence-electron chi connectivity index (χ3n) is 5.57. The summed E-state index contributed by atoms with van der Waals surface area (Å²) in [5.74, 6) is -0.339. The number of aliphatic hydroxyl groups is 1. The van der Waals surface area contributed by atoms with Crippen molar-refractivity contribution in [3.05, 3.63) is 68.2 Å². The Kier molecular flexibility index (Phi) is 5.08. The molecule has 5 nitrogen and oxygen atoms in total. The van der Waals surface area contributed by atoms with Crippen LogP contribution in [0.2, 0.25) is 0 Å². The molecule has 1 aliphatic rings. The van der Waals surface area contributed by atoms with Gasteiger partial charge in [-0.1, -0.05) is 25.0 Å². The van der Waals surface area contributed by atoms with Crippen molar-refractivity contribution in [2.75, 3.05) is 6.54 Å². The molecule has 1 aliphatic carbocycles. The molecule has 0 unspecified atom stereocenters. The molecular formula is C22H23NO4S. The number of amides is 1. The van der Waals surface area contributed by atoms with E-state index in [9.17, 15) is 14.7 Å². The van der Waals surface area contributed by atoms with Crippen LogP contribution in [0, 0.1) is 0 Å². The third-order valence-corrected chi connectivity index (χ3v) is 7.07. The number of rotatable bonds is 5. The van der Waals surface area contributed by atoms with Crippen LogP contribution in [0.25, 0.3) is 11.0 Å². The molecule has 0 bridgehead atoms. The van der Waals surface area contributed by atoms with E-state index in [2.05, 4.69) is 11.4 Å². The SMILES string of the molecule is C[C@H](O)c1ccc(C2(CNC(=O)c3cc(=O)c4ccccc4o3)CCCC2)s1. The average molecular weight is 397 g/mol. The molecule has 0 radical (unpaired) electrons. The van der Waals surface area contributed by atoms with Gasteiger partial charge in [-0.05, 0) is 44.0 Å². The van der Waals surface area contributed by atoms with Crippen molar-refractivity contribution in [2.24, 2.45) is 0 Å². The van der Waals surface area contributed by atoms with E-state index in [1.54, 1.807) is 42.5 Å². The first-order valence-corrected chi connectivity index (χ1v) is 10.4. The molecule has 6 heteroatoms. The number of hydrogen-bond acceptors (Lipinski definition) is 5. The molecule has 1 fully saturated rings. The first-order chi connectivity index (χ1) is 13.5. The van der Waals surface area contributed by atoms with Gasteiger partial charge in [-0.2, -0.15) is 0 Å². The van der Waals surface area contributed by atoms with Gasteiger partial charge in [0.1, 0.15) is 5.58 Å². The van der Waals surface area contributed by atoms with Gasteiger partial charge in [-0.15, -0.1) is 11.3 Å². The van der Waals surface area contributed by atoms with Gasteiger partial charge in [-0.25, -0.2) is 0 Å². The molecule has 4 rings (SSSR count). The van der Waals surface area contributed by atoms with Crippen LogP contribution in [-0.4, -0.2) is 17.6 Å². The van der Waals surface area contributed by atoms with Gasteiger partial charge in [0.25, 0.3) is 5.91 Å². The van der Waals surface area contributed by atoms with E-state index in [1.807, 2.05) is 6.07 Å². The lowest BCUT2D eigenvalue weighted by molar-refractivity contribution is 0.0916. The van der Waals surface area contributed by atoms with Crippen LogP contribution in [0.15, 0.2) is 51.7 Å². The van der Waals surface area contributed by atoms with Gasteiger partial charge >= 0.3 is 0 Å². The molecule has 2 aromatic heterocycles. The topological polar surface area (TPSA) is 79.5 Å². The van der Waals surface area contributed by atoms with Crippen LogP contribution in [0.5, 0.6) is 0 Å². The molecular weight excluding hydrogens is 374 g/mol. The molecule has 1 amide bonds. The Labute approximate surface area is 167 Å². The molecule has 0 spiro atoms. The molecule has 1 atom stereocenters. The summed E-state index contributed by atoms with van der Waals surface area (Å²) in [4.78, 5) is 27.1. The summed E-state index contributed by atoms with van der Waals surface area (Å²) in [6.07, 6.45) is 3.73. The number of hydrogen-bond donors (Lipinski definition) is 2. The highest BCUT2D eigenvalue weighted by Gasteiger charge is 2.37. The largest absolute Gasteiger partial charge is 0.451 e. The molecule has 146 valence electrons. The summed E-state index contributed by atoms with van der Waals surface area (Å²) in [5, 5.41) is 13.3. The summed E-state index contributed by atoms with van der Waals surface area (Å²) in [5.41, 5.74) is 0.0721. The van der Waals surface area contributed by atoms with Crippen LogP contribution < -0.4 is 10.7 Å². The van der Waals surface area contributed by atoms with E-state index in [1.165, 1.54) is 10.9 Å². The Balaban J connectivity index is 1.56. The lowest BCUT2D eigenvalue weighted by atomic mass is 9.84. The maximum absolute atomic E-state index is 12.7. The maximum atomic E-state index is 12.7. The highest BCUT2D eigenvalue weighted by Crippen LogP contribution is 2.44. The Morgan fingerprint density at radius 3 is 2.71 bits per heavy atom. The zero-order valence-corrected chi connectivity index (χ0v) is 16.6. The number of para-hydroxylation sites is 1. The summed E-state index contributed by atoms with van der Waals surface area (Å²) >= 11 is 1.61. The number of fused-ring (bicyclic) bond motifs is 1. The number of carbonyl (C=O) groups is 1. The van der Waals surface area contributed by atoms with E-state index < -0.39 is 6.10 Å². The minimum absolute atomic E-state index is 0.0349. The standard InChI is InChI=1S/C22H23NO4S/c1-14(24)19-8-9-20(28-19)22(10-4-5-11-22)13-23-21(26)18-12-16(25)15-6-2-3-7-17(15)27-18/h2-3,6-9,12,14,24H,4-5,10-11,13H2,1H3,(H,23,26)/t14-/m0/s1. The summed E-state index contributed by atoms with van der Waals surface area (Å²) < 4.78 is 5.65. The second-order valence-corrected chi connectivity index (χ2v) is 8.63. The van der Waals surface area contributed by atoms with Crippen molar-refractivity contribution in [2.45, 2.75) is 44.1 Å². The fraction of sp³-hybridized carbons (Fsp3) is 0.364. The van der Waals surface area contributed by atoms with Gasteiger partial charge in [-0.3, -0.25) is 9.59 Å². The quantitative estimate of drug-likeness (QED) is 0.678. The molecule has 2 N–H and O–H groups in total. The smallest absolute Gasteiger partial charge is 0.287 e. The number of nitrogens with one attached hydrogen (secondary N) is 1. The molecule has 1 saturated carbocycles. The highest BCUT2D eigenvalue weighted by molar-refractivity contribution is 7.12. The predicted octanol–water partition coefficient (Wildman–Crippen LogP) is 4.15. The third kappa shape index (κ3) is 3.50. The summed E-state index contributed by atoms with van der Waals surface area (Å²) in [6, 6.07) is 12.2. The van der Waals surface area contributed by atoms with Crippen LogP contribution in [0.1, 0.15) is 59.0 Å². The summed E-state index contributed by atoms with van der Waals surface area (Å²) in [7, 11) is 0.